The summed E-state index contributed by atoms with van der Waals surface area (Å²) in [5, 5.41) is 3.96. The van der Waals surface area contributed by atoms with Crippen molar-refractivity contribution in [2.75, 3.05) is 4.90 Å². The molecule has 16 radical (unpaired) electrons. The number of hydrogen-bond acceptors (Lipinski definition) is 2. The molecule has 56 heavy (non-hydrogen) atoms. The molecule has 0 atom stereocenters. The fourth-order valence-corrected chi connectivity index (χ4v) is 7.97. The minimum Gasteiger partial charge on any atom is -0.455 e. The molecule has 0 fully saturated rings. The minimum atomic E-state index is 0.159. The highest BCUT2D eigenvalue weighted by Gasteiger charge is 2.28. The average molecular weight is 692 g/mol. The number of nitrogens with zero attached hydrogens (tertiary/aromatic N) is 1. The second-order valence-electron chi connectivity index (χ2n) is 13.8. The van der Waals surface area contributed by atoms with Crippen LogP contribution >= 0.6 is 0 Å². The van der Waals surface area contributed by atoms with Gasteiger partial charge in [0.15, 0.2) is 0 Å². The zero-order chi connectivity index (χ0) is 38.8. The molecule has 1 heterocycles. The molecule has 10 heteroatoms. The highest BCUT2D eigenvalue weighted by molar-refractivity contribution is 6.65. The van der Waals surface area contributed by atoms with Crippen molar-refractivity contribution < 1.29 is 4.42 Å². The Morgan fingerprint density at radius 1 is 0.375 bits per heavy atom. The van der Waals surface area contributed by atoms with Crippen LogP contribution in [0.1, 0.15) is 0 Å². The molecule has 0 bridgehead atoms. The van der Waals surface area contributed by atoms with Crippen LogP contribution in [0.4, 0.5) is 17.1 Å². The molecule has 9 rings (SSSR count). The SMILES string of the molecule is [B]c1c([B])c(N(c2ccccc2-c2cccc3oc4c5ccccc5ccc4c23)c2c([B])c([B])c(-c3ccccc3)c([B])c2[B])c([B])c([B])c1-c1ccccc1. The molecular formula is C46H23B8NO. The zero-order valence-corrected chi connectivity index (χ0v) is 30.3. The number of benzene rings is 8. The van der Waals surface area contributed by atoms with E-state index in [1.54, 1.807) is 4.90 Å². The third-order valence-electron chi connectivity index (χ3n) is 10.7. The summed E-state index contributed by atoms with van der Waals surface area (Å²) in [6.45, 7) is 0. The van der Waals surface area contributed by atoms with Crippen LogP contribution in [0.2, 0.25) is 0 Å². The molecule has 0 unspecified atom stereocenters. The van der Waals surface area contributed by atoms with Gasteiger partial charge < -0.3 is 9.32 Å². The monoisotopic (exact) mass is 693 g/mol. The van der Waals surface area contributed by atoms with Gasteiger partial charge in [0.1, 0.15) is 73.9 Å². The van der Waals surface area contributed by atoms with Crippen LogP contribution < -0.4 is 48.6 Å². The van der Waals surface area contributed by atoms with E-state index in [0.717, 1.165) is 55.0 Å². The lowest BCUT2D eigenvalue weighted by Crippen LogP contribution is -2.50. The van der Waals surface area contributed by atoms with Crippen LogP contribution in [-0.4, -0.2) is 62.8 Å². The number of rotatable bonds is 6. The lowest BCUT2D eigenvalue weighted by Gasteiger charge is -2.38. The predicted molar refractivity (Wildman–Crippen MR) is 245 cm³/mol. The number of anilines is 3. The fraction of sp³-hybridized carbons (Fsp3) is 0. The van der Waals surface area contributed by atoms with Crippen molar-refractivity contribution >= 4 is 156 Å². The number of hydrogen-bond donors (Lipinski definition) is 0. The second-order valence-corrected chi connectivity index (χ2v) is 13.8. The maximum absolute atomic E-state index is 7.09. The Morgan fingerprint density at radius 2 is 0.857 bits per heavy atom. The van der Waals surface area contributed by atoms with Crippen molar-refractivity contribution in [1.82, 2.24) is 0 Å². The van der Waals surface area contributed by atoms with Gasteiger partial charge in [-0.05, 0) is 51.4 Å². The van der Waals surface area contributed by atoms with Crippen LogP contribution in [0, 0.1) is 0 Å². The van der Waals surface area contributed by atoms with Crippen LogP contribution in [0.15, 0.2) is 144 Å². The quantitative estimate of drug-likeness (QED) is 0.248. The average Bonchev–Trinajstić information content (AvgIpc) is 3.62. The van der Waals surface area contributed by atoms with Crippen molar-refractivity contribution in [3.05, 3.63) is 140 Å². The van der Waals surface area contributed by atoms with Gasteiger partial charge in [0.2, 0.25) is 0 Å². The van der Waals surface area contributed by atoms with Gasteiger partial charge in [0.25, 0.3) is 0 Å². The summed E-state index contributed by atoms with van der Waals surface area (Å²) in [4.78, 5) is 1.78. The lowest BCUT2D eigenvalue weighted by atomic mass is 9.63. The van der Waals surface area contributed by atoms with Crippen LogP contribution in [0.3, 0.4) is 0 Å². The molecule has 0 saturated heterocycles. The molecule has 0 aliphatic rings. The van der Waals surface area contributed by atoms with Gasteiger partial charge in [-0.2, -0.15) is 0 Å². The van der Waals surface area contributed by atoms with Gasteiger partial charge in [0, 0.05) is 33.1 Å². The summed E-state index contributed by atoms with van der Waals surface area (Å²) in [5.74, 6) is 0. The Balaban J connectivity index is 1.38. The summed E-state index contributed by atoms with van der Waals surface area (Å²) in [5.41, 5.74) is 8.39. The van der Waals surface area contributed by atoms with Crippen molar-refractivity contribution in [3.8, 4) is 33.4 Å². The van der Waals surface area contributed by atoms with Gasteiger partial charge in [0.05, 0.1) is 5.69 Å². The molecule has 2 nitrogen and oxygen atoms in total. The molecule has 0 aliphatic carbocycles. The van der Waals surface area contributed by atoms with E-state index in [2.05, 4.69) is 24.3 Å². The Bertz CT molecular complexity index is 2850. The van der Waals surface area contributed by atoms with E-state index in [9.17, 15) is 0 Å². The Labute approximate surface area is 337 Å². The second kappa shape index (κ2) is 14.0. The third-order valence-corrected chi connectivity index (χ3v) is 10.7. The van der Waals surface area contributed by atoms with Gasteiger partial charge >= 0.3 is 0 Å². The molecule has 1 aromatic heterocycles. The van der Waals surface area contributed by atoms with Crippen molar-refractivity contribution in [1.29, 1.82) is 0 Å². The third kappa shape index (κ3) is 5.53. The lowest BCUT2D eigenvalue weighted by molar-refractivity contribution is 0.673. The summed E-state index contributed by atoms with van der Waals surface area (Å²) in [6.07, 6.45) is 0. The predicted octanol–water partition coefficient (Wildman–Crippen LogP) is 3.56. The Kier molecular flexibility index (Phi) is 8.96. The van der Waals surface area contributed by atoms with Crippen molar-refractivity contribution in [2.24, 2.45) is 0 Å². The summed E-state index contributed by atoms with van der Waals surface area (Å²) >= 11 is 0. The molecule has 9 aromatic rings. The molecule has 0 saturated carbocycles. The number of para-hydroxylation sites is 1. The first-order valence-electron chi connectivity index (χ1n) is 18.0. The summed E-state index contributed by atoms with van der Waals surface area (Å²) in [6, 6.07) is 45.1. The summed E-state index contributed by atoms with van der Waals surface area (Å²) < 4.78 is 6.59. The van der Waals surface area contributed by atoms with E-state index in [1.807, 2.05) is 115 Å². The molecule has 0 spiro atoms. The molecular weight excluding hydrogens is 669 g/mol. The highest BCUT2D eigenvalue weighted by atomic mass is 16.3. The van der Waals surface area contributed by atoms with Crippen LogP contribution in [0.25, 0.3) is 66.1 Å². The van der Waals surface area contributed by atoms with Gasteiger partial charge in [-0.15, -0.1) is 0 Å². The first kappa shape index (κ1) is 35.8. The van der Waals surface area contributed by atoms with Crippen LogP contribution in [-0.2, 0) is 0 Å². The van der Waals surface area contributed by atoms with Gasteiger partial charge in [-0.25, -0.2) is 0 Å². The minimum absolute atomic E-state index is 0.159. The molecule has 0 amide bonds. The van der Waals surface area contributed by atoms with E-state index in [4.69, 9.17) is 67.2 Å². The smallest absolute Gasteiger partial charge is 0.143 e. The number of fused-ring (bicyclic) bond motifs is 5. The van der Waals surface area contributed by atoms with Gasteiger partial charge in [-0.1, -0.05) is 165 Å². The summed E-state index contributed by atoms with van der Waals surface area (Å²) in [7, 11) is 56.1. The van der Waals surface area contributed by atoms with Crippen molar-refractivity contribution in [2.45, 2.75) is 0 Å². The first-order valence-corrected chi connectivity index (χ1v) is 18.0. The molecule has 8 aromatic carbocycles. The van der Waals surface area contributed by atoms with E-state index in [0.29, 0.717) is 16.8 Å². The fourth-order valence-electron chi connectivity index (χ4n) is 7.97. The normalized spacial score (nSPS) is 11.4. The van der Waals surface area contributed by atoms with Gasteiger partial charge in [-0.3, -0.25) is 0 Å². The zero-order valence-electron chi connectivity index (χ0n) is 30.3. The molecule has 242 valence electrons. The standard InChI is InChI=1S/C46H23B8NO/c47-36-33(25-13-3-1-4-14-25)37(48)41(52)44(40(36)51)55(45-42(53)38(49)34(39(50)43(45)54)26-15-5-2-6-16-26)31-20-10-9-18-28(31)29-19-11-21-32-35(29)30-23-22-24-12-7-8-17-27(24)46(30)56-32/h1-23H. The maximum Gasteiger partial charge on any atom is 0.143 e. The van der Waals surface area contributed by atoms with Crippen LogP contribution in [0.5, 0.6) is 0 Å². The first-order chi connectivity index (χ1) is 27.2. The van der Waals surface area contributed by atoms with Crippen molar-refractivity contribution in [3.63, 3.8) is 0 Å². The highest BCUT2D eigenvalue weighted by Crippen LogP contribution is 2.44. The molecule has 0 aliphatic heterocycles. The van der Waals surface area contributed by atoms with E-state index >= 15 is 0 Å². The Morgan fingerprint density at radius 3 is 1.43 bits per heavy atom. The van der Waals surface area contributed by atoms with E-state index in [1.165, 1.54) is 0 Å². The number of furan rings is 1. The largest absolute Gasteiger partial charge is 0.455 e. The molecule has 0 N–H and O–H groups in total. The maximum atomic E-state index is 7.09. The van der Waals surface area contributed by atoms with E-state index < -0.39 is 0 Å². The Hall–Kier alpha value is -5.86. The van der Waals surface area contributed by atoms with E-state index in [-0.39, 0.29) is 55.1 Å². The topological polar surface area (TPSA) is 16.4 Å².